The van der Waals surface area contributed by atoms with E-state index in [0.717, 1.165) is 17.0 Å². The summed E-state index contributed by atoms with van der Waals surface area (Å²) in [5, 5.41) is 6.59. The Kier molecular flexibility index (Phi) is 4.97. The van der Waals surface area contributed by atoms with Crippen molar-refractivity contribution < 1.29 is 4.79 Å². The third-order valence-electron chi connectivity index (χ3n) is 2.78. The molecule has 0 saturated heterocycles. The predicted molar refractivity (Wildman–Crippen MR) is 71.3 cm³/mol. The van der Waals surface area contributed by atoms with E-state index in [2.05, 4.69) is 10.6 Å². The van der Waals surface area contributed by atoms with Crippen molar-refractivity contribution in [2.45, 2.75) is 25.8 Å². The molecule has 0 atom stereocenters. The lowest BCUT2D eigenvalue weighted by Gasteiger charge is -2.22. The highest BCUT2D eigenvalue weighted by Crippen LogP contribution is 2.10. The summed E-state index contributed by atoms with van der Waals surface area (Å²) in [6.45, 7) is 4.31. The lowest BCUT2D eigenvalue weighted by Crippen LogP contribution is -2.51. The summed E-state index contributed by atoms with van der Waals surface area (Å²) in [5.41, 5.74) is 0.592. The minimum atomic E-state index is -0.533. The Balaban J connectivity index is 2.41. The van der Waals surface area contributed by atoms with Crippen molar-refractivity contribution in [3.8, 4) is 0 Å². The van der Waals surface area contributed by atoms with Crippen molar-refractivity contribution in [1.82, 2.24) is 10.6 Å². The number of nitrogens with one attached hydrogen (secondary N) is 2. The highest BCUT2D eigenvalue weighted by Gasteiger charge is 2.24. The zero-order chi connectivity index (χ0) is 12.9. The fourth-order valence-corrected chi connectivity index (χ4v) is 1.56. The van der Waals surface area contributed by atoms with Crippen LogP contribution in [-0.2, 0) is 11.2 Å². The van der Waals surface area contributed by atoms with Crippen LogP contribution in [-0.4, -0.2) is 25.0 Å². The first-order valence-electron chi connectivity index (χ1n) is 5.67. The lowest BCUT2D eigenvalue weighted by molar-refractivity contribution is -0.126. The minimum absolute atomic E-state index is 0.00188. The van der Waals surface area contributed by atoms with Crippen molar-refractivity contribution in [3.05, 3.63) is 34.9 Å². The molecule has 1 aromatic rings. The molecule has 0 fully saturated rings. The van der Waals surface area contributed by atoms with Crippen molar-refractivity contribution in [2.24, 2.45) is 0 Å². The van der Waals surface area contributed by atoms with Crippen LogP contribution >= 0.6 is 11.6 Å². The highest BCUT2D eigenvalue weighted by atomic mass is 35.5. The van der Waals surface area contributed by atoms with Crippen LogP contribution in [0.25, 0.3) is 0 Å². The van der Waals surface area contributed by atoms with Crippen LogP contribution in [0.1, 0.15) is 19.4 Å². The van der Waals surface area contributed by atoms with Gasteiger partial charge >= 0.3 is 0 Å². The molecule has 0 heterocycles. The first-order valence-corrected chi connectivity index (χ1v) is 6.05. The lowest BCUT2D eigenvalue weighted by atomic mass is 10.1. The van der Waals surface area contributed by atoms with Gasteiger partial charge in [0, 0.05) is 11.6 Å². The summed E-state index contributed by atoms with van der Waals surface area (Å²) in [7, 11) is 1.77. The Morgan fingerprint density at radius 1 is 1.41 bits per heavy atom. The molecule has 0 radical (unpaired) electrons. The highest BCUT2D eigenvalue weighted by molar-refractivity contribution is 6.30. The fourth-order valence-electron chi connectivity index (χ4n) is 1.35. The number of rotatable bonds is 5. The summed E-state index contributed by atoms with van der Waals surface area (Å²) in [6, 6.07) is 7.67. The quantitative estimate of drug-likeness (QED) is 0.844. The molecular weight excluding hydrogens is 236 g/mol. The molecule has 94 valence electrons. The van der Waals surface area contributed by atoms with Crippen molar-refractivity contribution in [1.29, 1.82) is 0 Å². The molecule has 0 saturated carbocycles. The van der Waals surface area contributed by atoms with Gasteiger partial charge in [-0.25, -0.2) is 0 Å². The van der Waals surface area contributed by atoms with Crippen LogP contribution in [0.2, 0.25) is 5.02 Å². The molecule has 0 aliphatic carbocycles. The number of hydrogen-bond donors (Lipinski definition) is 2. The second kappa shape index (κ2) is 6.03. The van der Waals surface area contributed by atoms with E-state index in [1.165, 1.54) is 0 Å². The van der Waals surface area contributed by atoms with Gasteiger partial charge in [-0.15, -0.1) is 0 Å². The molecule has 17 heavy (non-hydrogen) atoms. The number of carbonyl (C=O) groups excluding carboxylic acids is 1. The number of hydrogen-bond acceptors (Lipinski definition) is 2. The van der Waals surface area contributed by atoms with Crippen molar-refractivity contribution in [2.75, 3.05) is 13.6 Å². The van der Waals surface area contributed by atoms with E-state index in [9.17, 15) is 4.79 Å². The first kappa shape index (κ1) is 14.0. The van der Waals surface area contributed by atoms with E-state index in [-0.39, 0.29) is 5.91 Å². The third-order valence-corrected chi connectivity index (χ3v) is 3.02. The number of likely N-dealkylation sites (N-methyl/N-ethyl adjacent to an activating group) is 1. The smallest absolute Gasteiger partial charge is 0.239 e. The Hall–Kier alpha value is -1.06. The van der Waals surface area contributed by atoms with Gasteiger partial charge in [0.25, 0.3) is 0 Å². The van der Waals surface area contributed by atoms with E-state index < -0.39 is 5.54 Å². The maximum atomic E-state index is 11.8. The first-order chi connectivity index (χ1) is 7.95. The van der Waals surface area contributed by atoms with Gasteiger partial charge in [0.1, 0.15) is 0 Å². The minimum Gasteiger partial charge on any atom is -0.354 e. The molecule has 1 aromatic carbocycles. The Morgan fingerprint density at radius 3 is 2.71 bits per heavy atom. The maximum absolute atomic E-state index is 11.8. The third kappa shape index (κ3) is 4.36. The van der Waals surface area contributed by atoms with Gasteiger partial charge < -0.3 is 10.6 Å². The summed E-state index contributed by atoms with van der Waals surface area (Å²) >= 11 is 5.88. The van der Waals surface area contributed by atoms with Crippen molar-refractivity contribution >= 4 is 17.5 Å². The van der Waals surface area contributed by atoms with E-state index in [1.807, 2.05) is 38.1 Å². The molecule has 0 aliphatic heterocycles. The molecule has 3 nitrogen and oxygen atoms in total. The molecular formula is C13H19ClN2O. The molecule has 0 aliphatic rings. The standard InChI is InChI=1S/C13H19ClN2O/c1-13(2,15-3)12(17)16-8-7-10-5-4-6-11(14)9-10/h4-6,9,15H,7-8H2,1-3H3,(H,16,17). The zero-order valence-electron chi connectivity index (χ0n) is 10.5. The zero-order valence-corrected chi connectivity index (χ0v) is 11.3. The Labute approximate surface area is 108 Å². The van der Waals surface area contributed by atoms with E-state index >= 15 is 0 Å². The molecule has 0 unspecified atom stereocenters. The number of halogens is 1. The number of carbonyl (C=O) groups is 1. The van der Waals surface area contributed by atoms with E-state index in [0.29, 0.717) is 6.54 Å². The van der Waals surface area contributed by atoms with Gasteiger partial charge in [-0.3, -0.25) is 4.79 Å². The van der Waals surface area contributed by atoms with E-state index in [1.54, 1.807) is 7.05 Å². The molecule has 1 rings (SSSR count). The Morgan fingerprint density at radius 2 is 2.12 bits per heavy atom. The topological polar surface area (TPSA) is 41.1 Å². The normalized spacial score (nSPS) is 11.3. The summed E-state index contributed by atoms with van der Waals surface area (Å²) in [6.07, 6.45) is 0.784. The molecule has 0 aromatic heterocycles. The van der Waals surface area contributed by atoms with Crippen LogP contribution in [0.4, 0.5) is 0 Å². The van der Waals surface area contributed by atoms with Gasteiger partial charge in [-0.1, -0.05) is 23.7 Å². The van der Waals surface area contributed by atoms with Crippen LogP contribution in [0.3, 0.4) is 0 Å². The monoisotopic (exact) mass is 254 g/mol. The molecule has 0 spiro atoms. The van der Waals surface area contributed by atoms with Crippen LogP contribution in [0, 0.1) is 0 Å². The van der Waals surface area contributed by atoms with Crippen LogP contribution in [0.15, 0.2) is 24.3 Å². The summed E-state index contributed by atoms with van der Waals surface area (Å²) in [5.74, 6) is 0.00188. The largest absolute Gasteiger partial charge is 0.354 e. The van der Waals surface area contributed by atoms with Gasteiger partial charge in [-0.05, 0) is 45.0 Å². The van der Waals surface area contributed by atoms with Gasteiger partial charge in [0.15, 0.2) is 0 Å². The average molecular weight is 255 g/mol. The second-order valence-electron chi connectivity index (χ2n) is 4.51. The summed E-state index contributed by atoms with van der Waals surface area (Å²) < 4.78 is 0. The number of benzene rings is 1. The van der Waals surface area contributed by atoms with Gasteiger partial charge in [0.05, 0.1) is 5.54 Å². The molecule has 2 N–H and O–H groups in total. The summed E-state index contributed by atoms with van der Waals surface area (Å²) in [4.78, 5) is 11.8. The SMILES string of the molecule is CNC(C)(C)C(=O)NCCc1cccc(Cl)c1. The van der Waals surface area contributed by atoms with Gasteiger partial charge in [-0.2, -0.15) is 0 Å². The average Bonchev–Trinajstić information content (AvgIpc) is 2.29. The second-order valence-corrected chi connectivity index (χ2v) is 4.95. The molecule has 0 bridgehead atoms. The van der Waals surface area contributed by atoms with E-state index in [4.69, 9.17) is 11.6 Å². The molecule has 4 heteroatoms. The number of amides is 1. The van der Waals surface area contributed by atoms with Gasteiger partial charge in [0.2, 0.25) is 5.91 Å². The maximum Gasteiger partial charge on any atom is 0.239 e. The van der Waals surface area contributed by atoms with Crippen molar-refractivity contribution in [3.63, 3.8) is 0 Å². The van der Waals surface area contributed by atoms with Crippen LogP contribution in [0.5, 0.6) is 0 Å². The fraction of sp³-hybridized carbons (Fsp3) is 0.462. The predicted octanol–water partition coefficient (Wildman–Crippen LogP) is 2.00. The Bertz CT molecular complexity index is 391. The van der Waals surface area contributed by atoms with Crippen LogP contribution < -0.4 is 10.6 Å². The molecule has 1 amide bonds.